The average molecular weight is 738 g/mol. The van der Waals surface area contributed by atoms with Gasteiger partial charge in [-0.15, -0.1) is 13.2 Å². The van der Waals surface area contributed by atoms with Gasteiger partial charge < -0.3 is 19.7 Å². The second kappa shape index (κ2) is 12.7. The van der Waals surface area contributed by atoms with Gasteiger partial charge in [-0.05, 0) is 84.2 Å². The first-order valence-electron chi connectivity index (χ1n) is 14.5. The molecule has 1 unspecified atom stereocenters. The van der Waals surface area contributed by atoms with Gasteiger partial charge in [0.05, 0.1) is 35.1 Å². The lowest BCUT2D eigenvalue weighted by atomic mass is 10.1. The number of carbonyl (C=O) groups excluding carboxylic acids is 2. The van der Waals surface area contributed by atoms with Crippen LogP contribution in [0.3, 0.4) is 0 Å². The maximum atomic E-state index is 14.9. The summed E-state index contributed by atoms with van der Waals surface area (Å²) in [6, 6.07) is 13.0. The van der Waals surface area contributed by atoms with E-state index in [1.54, 1.807) is 36.4 Å². The number of rotatable bonds is 8. The van der Waals surface area contributed by atoms with Crippen molar-refractivity contribution in [2.75, 3.05) is 6.54 Å². The van der Waals surface area contributed by atoms with Gasteiger partial charge in [-0.3, -0.25) is 18.7 Å². The number of ether oxygens (including phenoxy) is 2. The molecule has 9 nitrogen and oxygen atoms in total. The number of hydrogen-bond acceptors (Lipinski definition) is 5. The zero-order valence-corrected chi connectivity index (χ0v) is 27.0. The predicted molar refractivity (Wildman–Crippen MR) is 167 cm³/mol. The molecule has 15 heteroatoms. The summed E-state index contributed by atoms with van der Waals surface area (Å²) < 4.78 is 65.6. The van der Waals surface area contributed by atoms with E-state index in [1.165, 1.54) is 27.0 Å². The Morgan fingerprint density at radius 3 is 2.36 bits per heavy atom. The number of hydrogen-bond donors (Lipinski definition) is 1. The molecule has 1 N–H and O–H groups in total. The van der Waals surface area contributed by atoms with Crippen molar-refractivity contribution >= 4 is 39.3 Å². The molecule has 1 saturated carbocycles. The lowest BCUT2D eigenvalue weighted by Gasteiger charge is -2.28. The van der Waals surface area contributed by atoms with Crippen LogP contribution in [-0.4, -0.2) is 44.9 Å². The van der Waals surface area contributed by atoms with E-state index in [9.17, 15) is 31.9 Å². The quantitative estimate of drug-likeness (QED) is 0.201. The normalized spacial score (nSPS) is 15.2. The molecule has 3 aromatic carbocycles. The molecule has 2 heterocycles. The molecular weight excluding hydrogens is 712 g/mol. The van der Waals surface area contributed by atoms with Crippen molar-refractivity contribution in [1.82, 2.24) is 19.4 Å². The third-order valence-electron chi connectivity index (χ3n) is 7.79. The molecule has 1 fully saturated rings. The van der Waals surface area contributed by atoms with Gasteiger partial charge in [0.2, 0.25) is 0 Å². The second-order valence-corrected chi connectivity index (χ2v) is 12.4. The van der Waals surface area contributed by atoms with Gasteiger partial charge >= 0.3 is 12.1 Å². The van der Waals surface area contributed by atoms with Gasteiger partial charge in [-0.25, -0.2) is 9.18 Å². The van der Waals surface area contributed by atoms with E-state index in [-0.39, 0.29) is 48.6 Å². The van der Waals surface area contributed by atoms with E-state index in [0.29, 0.717) is 32.6 Å². The van der Waals surface area contributed by atoms with Gasteiger partial charge in [-0.1, -0.05) is 17.7 Å². The van der Waals surface area contributed by atoms with Crippen molar-refractivity contribution in [2.45, 2.75) is 51.4 Å². The average Bonchev–Trinajstić information content (AvgIpc) is 3.78. The minimum absolute atomic E-state index is 0.0820. The maximum absolute atomic E-state index is 14.9. The van der Waals surface area contributed by atoms with Crippen LogP contribution >= 0.6 is 27.5 Å². The lowest BCUT2D eigenvalue weighted by Crippen LogP contribution is -2.41. The minimum atomic E-state index is -5.01. The standard InChI is InChI=1S/C32H26BrClF4N4O5/c1-17(23-10-9-22(15-26(23)35)47-32(36,37)38)39-29(43)28-27-16-40(30(44)18-2-11-24(33)25(34)14-18)12-13-41(27)31(45)42(28)19-3-5-20(6-4-19)46-21-7-8-21/h2-6,9-11,14-15,17,21H,7-8,12-13,16H2,1H3,(H,39,43). The summed E-state index contributed by atoms with van der Waals surface area (Å²) in [7, 11) is 0. The number of carbonyl (C=O) groups is 2. The topological polar surface area (TPSA) is 94.8 Å². The van der Waals surface area contributed by atoms with Crippen molar-refractivity contribution < 1.29 is 36.6 Å². The molecule has 0 radical (unpaired) electrons. The first-order chi connectivity index (χ1) is 22.3. The first-order valence-corrected chi connectivity index (χ1v) is 15.7. The number of benzene rings is 3. The highest BCUT2D eigenvalue weighted by atomic mass is 79.9. The molecule has 47 heavy (non-hydrogen) atoms. The Labute approximate surface area is 278 Å². The van der Waals surface area contributed by atoms with Crippen molar-refractivity contribution in [3.63, 3.8) is 0 Å². The molecule has 6 rings (SSSR count). The van der Waals surface area contributed by atoms with E-state index in [4.69, 9.17) is 16.3 Å². The summed E-state index contributed by atoms with van der Waals surface area (Å²) in [4.78, 5) is 42.8. The molecule has 1 aliphatic heterocycles. The molecule has 0 spiro atoms. The van der Waals surface area contributed by atoms with Gasteiger partial charge in [0.1, 0.15) is 23.0 Å². The molecule has 4 aromatic rings. The fourth-order valence-corrected chi connectivity index (χ4v) is 5.80. The first kappa shape index (κ1) is 32.6. The number of halogens is 6. The smallest absolute Gasteiger partial charge is 0.490 e. The number of amides is 2. The van der Waals surface area contributed by atoms with E-state index in [1.807, 2.05) is 0 Å². The van der Waals surface area contributed by atoms with Gasteiger partial charge in [0.25, 0.3) is 11.8 Å². The third-order valence-corrected chi connectivity index (χ3v) is 9.02. The highest BCUT2D eigenvalue weighted by Gasteiger charge is 2.34. The Kier molecular flexibility index (Phi) is 8.83. The molecular formula is C32H26BrClF4N4O5. The zero-order chi connectivity index (χ0) is 33.6. The van der Waals surface area contributed by atoms with Crippen molar-refractivity contribution in [3.05, 3.63) is 109 Å². The minimum Gasteiger partial charge on any atom is -0.490 e. The number of alkyl halides is 3. The fraction of sp³-hybridized carbons (Fsp3) is 0.281. The monoisotopic (exact) mass is 736 g/mol. The second-order valence-electron chi connectivity index (χ2n) is 11.2. The van der Waals surface area contributed by atoms with Crippen LogP contribution in [0.25, 0.3) is 5.69 Å². The van der Waals surface area contributed by atoms with Crippen molar-refractivity contribution in [1.29, 1.82) is 0 Å². The Bertz CT molecular complexity index is 1920. The Morgan fingerprint density at radius 1 is 1.02 bits per heavy atom. The number of fused-ring (bicyclic) bond motifs is 1. The van der Waals surface area contributed by atoms with E-state index in [2.05, 4.69) is 26.0 Å². The van der Waals surface area contributed by atoms with E-state index in [0.717, 1.165) is 25.0 Å². The van der Waals surface area contributed by atoms with Gasteiger partial charge in [0, 0.05) is 34.8 Å². The molecule has 0 saturated heterocycles. The summed E-state index contributed by atoms with van der Waals surface area (Å²) in [5.41, 5.74) is 0.201. The van der Waals surface area contributed by atoms with Crippen LogP contribution in [0.2, 0.25) is 5.02 Å². The summed E-state index contributed by atoms with van der Waals surface area (Å²) in [5.74, 6) is -2.31. The molecule has 1 atom stereocenters. The van der Waals surface area contributed by atoms with Crippen molar-refractivity contribution in [3.8, 4) is 17.2 Å². The summed E-state index contributed by atoms with van der Waals surface area (Å²) in [6.45, 7) is 1.60. The number of imidazole rings is 1. The lowest BCUT2D eigenvalue weighted by molar-refractivity contribution is -0.274. The summed E-state index contributed by atoms with van der Waals surface area (Å²) in [6.07, 6.45) is -2.95. The molecule has 1 aromatic heterocycles. The molecule has 2 amide bonds. The van der Waals surface area contributed by atoms with Gasteiger partial charge in [0.15, 0.2) is 0 Å². The molecule has 2 aliphatic rings. The van der Waals surface area contributed by atoms with Crippen LogP contribution in [0.1, 0.15) is 57.9 Å². The summed E-state index contributed by atoms with van der Waals surface area (Å²) >= 11 is 9.52. The zero-order valence-electron chi connectivity index (χ0n) is 24.6. The molecule has 1 aliphatic carbocycles. The third kappa shape index (κ3) is 7.03. The highest BCUT2D eigenvalue weighted by molar-refractivity contribution is 9.10. The number of nitrogens with zero attached hydrogens (tertiary/aromatic N) is 3. The van der Waals surface area contributed by atoms with Gasteiger partial charge in [-0.2, -0.15) is 0 Å². The van der Waals surface area contributed by atoms with Crippen LogP contribution in [0.15, 0.2) is 69.9 Å². The SMILES string of the molecule is CC(NC(=O)c1c2n(c(=O)n1-c1ccc(OC3CC3)cc1)CCN(C(=O)c1ccc(Br)c(Cl)c1)C2)c1ccc(OC(F)(F)F)cc1F. The van der Waals surface area contributed by atoms with Crippen LogP contribution in [0.5, 0.6) is 11.5 Å². The molecule has 0 bridgehead atoms. The number of aromatic nitrogens is 2. The van der Waals surface area contributed by atoms with Crippen LogP contribution < -0.4 is 20.5 Å². The maximum Gasteiger partial charge on any atom is 0.573 e. The Balaban J connectivity index is 1.35. The number of nitrogens with one attached hydrogen (secondary N) is 1. The Hall–Kier alpha value is -4.30. The van der Waals surface area contributed by atoms with Crippen LogP contribution in [-0.2, 0) is 13.1 Å². The van der Waals surface area contributed by atoms with Crippen LogP contribution in [0.4, 0.5) is 17.6 Å². The highest BCUT2D eigenvalue weighted by Crippen LogP contribution is 2.30. The Morgan fingerprint density at radius 2 is 1.72 bits per heavy atom. The largest absolute Gasteiger partial charge is 0.573 e. The fourth-order valence-electron chi connectivity index (χ4n) is 5.37. The summed E-state index contributed by atoms with van der Waals surface area (Å²) in [5, 5.41) is 3.00. The predicted octanol–water partition coefficient (Wildman–Crippen LogP) is 6.78. The molecule has 246 valence electrons. The van der Waals surface area contributed by atoms with E-state index >= 15 is 0 Å². The van der Waals surface area contributed by atoms with Crippen LogP contribution in [0, 0.1) is 5.82 Å². The van der Waals surface area contributed by atoms with Crippen molar-refractivity contribution in [2.24, 2.45) is 0 Å². The van der Waals surface area contributed by atoms with E-state index < -0.39 is 35.6 Å².